The van der Waals surface area contributed by atoms with Crippen LogP contribution >= 0.6 is 35.0 Å². The van der Waals surface area contributed by atoms with Gasteiger partial charge in [-0.1, -0.05) is 59.2 Å². The van der Waals surface area contributed by atoms with Crippen LogP contribution in [-0.4, -0.2) is 50.6 Å². The van der Waals surface area contributed by atoms with Gasteiger partial charge >= 0.3 is 0 Å². The number of hydrogen-bond acceptors (Lipinski definition) is 7. The molecule has 3 aromatic carbocycles. The van der Waals surface area contributed by atoms with E-state index in [0.717, 1.165) is 4.90 Å². The van der Waals surface area contributed by atoms with Crippen LogP contribution in [-0.2, 0) is 11.2 Å². The zero-order valence-corrected chi connectivity index (χ0v) is 24.1. The summed E-state index contributed by atoms with van der Waals surface area (Å²) in [5.41, 5.74) is 2.02. The number of nitrogens with one attached hydrogen (secondary N) is 1. The highest BCUT2D eigenvalue weighted by atomic mass is 35.5. The molecule has 0 bridgehead atoms. The van der Waals surface area contributed by atoms with Gasteiger partial charge in [-0.3, -0.25) is 23.7 Å². The highest BCUT2D eigenvalue weighted by Gasteiger charge is 2.36. The Hall–Kier alpha value is -3.99. The SMILES string of the molecule is CC(=O)NCCCc1nnc(SCC(=O)c2cccc(N3C(=O)c4ccccc4C3=O)c2)n1-c1ccc(Cl)c(Cl)c1. The van der Waals surface area contributed by atoms with E-state index < -0.39 is 11.8 Å². The van der Waals surface area contributed by atoms with Gasteiger partial charge in [0.25, 0.3) is 11.8 Å². The molecule has 5 rings (SSSR count). The summed E-state index contributed by atoms with van der Waals surface area (Å²) in [5.74, 6) is -0.522. The van der Waals surface area contributed by atoms with Crippen LogP contribution in [0.25, 0.3) is 5.69 Å². The molecule has 0 atom stereocenters. The molecule has 9 nitrogen and oxygen atoms in total. The second kappa shape index (κ2) is 12.3. The molecule has 1 aliphatic rings. The molecule has 3 amide bonds. The zero-order chi connectivity index (χ0) is 29.1. The van der Waals surface area contributed by atoms with Crippen molar-refractivity contribution in [3.63, 3.8) is 0 Å². The van der Waals surface area contributed by atoms with Crippen molar-refractivity contribution in [2.75, 3.05) is 17.2 Å². The van der Waals surface area contributed by atoms with E-state index >= 15 is 0 Å². The Morgan fingerprint density at radius 3 is 2.29 bits per heavy atom. The van der Waals surface area contributed by atoms with Gasteiger partial charge in [0, 0.05) is 25.5 Å². The van der Waals surface area contributed by atoms with Crippen molar-refractivity contribution in [3.8, 4) is 5.69 Å². The van der Waals surface area contributed by atoms with Gasteiger partial charge in [-0.25, -0.2) is 4.90 Å². The van der Waals surface area contributed by atoms with Gasteiger partial charge in [-0.15, -0.1) is 10.2 Å². The summed E-state index contributed by atoms with van der Waals surface area (Å²) >= 11 is 13.6. The second-order valence-electron chi connectivity index (χ2n) is 9.17. The number of carbonyl (C=O) groups excluding carboxylic acids is 4. The Labute approximate surface area is 249 Å². The summed E-state index contributed by atoms with van der Waals surface area (Å²) in [7, 11) is 0. The molecule has 2 heterocycles. The molecule has 0 unspecified atom stereocenters. The molecule has 208 valence electrons. The fourth-order valence-corrected chi connectivity index (χ4v) is 5.56. The Morgan fingerprint density at radius 1 is 0.878 bits per heavy atom. The number of rotatable bonds is 10. The number of carbonyl (C=O) groups is 4. The van der Waals surface area contributed by atoms with Gasteiger partial charge in [-0.05, 0) is 48.9 Å². The van der Waals surface area contributed by atoms with E-state index in [1.165, 1.54) is 18.7 Å². The van der Waals surface area contributed by atoms with Gasteiger partial charge in [0.2, 0.25) is 5.91 Å². The largest absolute Gasteiger partial charge is 0.356 e. The maximum Gasteiger partial charge on any atom is 0.266 e. The number of Topliss-reactive ketones (excluding diaryl/α,β-unsaturated/α-hetero) is 1. The molecule has 0 radical (unpaired) electrons. The van der Waals surface area contributed by atoms with E-state index in [1.807, 2.05) is 4.57 Å². The third-order valence-corrected chi connectivity index (χ3v) is 8.03. The number of amides is 3. The molecule has 0 saturated carbocycles. The van der Waals surface area contributed by atoms with E-state index in [-0.39, 0.29) is 17.4 Å². The Kier molecular flexibility index (Phi) is 8.53. The number of fused-ring (bicyclic) bond motifs is 1. The second-order valence-corrected chi connectivity index (χ2v) is 10.9. The Bertz CT molecular complexity index is 1650. The van der Waals surface area contributed by atoms with E-state index in [4.69, 9.17) is 23.2 Å². The van der Waals surface area contributed by atoms with E-state index in [0.29, 0.717) is 68.5 Å². The first-order valence-corrected chi connectivity index (χ1v) is 14.4. The molecule has 0 saturated heterocycles. The van der Waals surface area contributed by atoms with Crippen LogP contribution in [0, 0.1) is 0 Å². The zero-order valence-electron chi connectivity index (χ0n) is 21.8. The van der Waals surface area contributed by atoms with Gasteiger partial charge in [0.1, 0.15) is 5.82 Å². The van der Waals surface area contributed by atoms with Gasteiger partial charge in [-0.2, -0.15) is 0 Å². The summed E-state index contributed by atoms with van der Waals surface area (Å²) in [6, 6.07) is 18.2. The number of benzene rings is 3. The van der Waals surface area contributed by atoms with Crippen LogP contribution in [0.5, 0.6) is 0 Å². The van der Waals surface area contributed by atoms with E-state index in [1.54, 1.807) is 66.7 Å². The number of thioether (sulfide) groups is 1. The lowest BCUT2D eigenvalue weighted by Gasteiger charge is -2.15. The van der Waals surface area contributed by atoms with Crippen molar-refractivity contribution in [2.45, 2.75) is 24.9 Å². The monoisotopic (exact) mass is 607 g/mol. The Morgan fingerprint density at radius 2 is 1.61 bits per heavy atom. The van der Waals surface area contributed by atoms with Gasteiger partial charge < -0.3 is 5.32 Å². The summed E-state index contributed by atoms with van der Waals surface area (Å²) < 4.78 is 1.81. The molecule has 1 aromatic heterocycles. The minimum absolute atomic E-state index is 0.0247. The molecular weight excluding hydrogens is 585 g/mol. The van der Waals surface area contributed by atoms with Gasteiger partial charge in [0.05, 0.1) is 38.3 Å². The van der Waals surface area contributed by atoms with Crippen molar-refractivity contribution in [3.05, 3.63) is 99.3 Å². The lowest BCUT2D eigenvalue weighted by molar-refractivity contribution is -0.118. The van der Waals surface area contributed by atoms with Crippen molar-refractivity contribution in [1.29, 1.82) is 0 Å². The predicted octanol–water partition coefficient (Wildman–Crippen LogP) is 5.42. The summed E-state index contributed by atoms with van der Waals surface area (Å²) in [4.78, 5) is 51.4. The van der Waals surface area contributed by atoms with Crippen molar-refractivity contribution in [1.82, 2.24) is 20.1 Å². The minimum Gasteiger partial charge on any atom is -0.356 e. The third-order valence-electron chi connectivity index (χ3n) is 6.37. The standard InChI is InChI=1S/C29H23Cl2N5O4S/c1-17(37)32-13-5-10-26-33-34-29(35(26)20-11-12-23(30)24(31)15-20)41-16-25(38)18-6-4-7-19(14-18)36-27(39)21-8-2-3-9-22(21)28(36)40/h2-4,6-9,11-12,14-15H,5,10,13,16H2,1H3,(H,32,37). The van der Waals surface area contributed by atoms with Crippen LogP contribution in [0.2, 0.25) is 10.0 Å². The first-order valence-electron chi connectivity index (χ1n) is 12.6. The van der Waals surface area contributed by atoms with Crippen LogP contribution in [0.3, 0.4) is 0 Å². The molecule has 1 aliphatic heterocycles. The third kappa shape index (κ3) is 6.04. The van der Waals surface area contributed by atoms with Crippen LogP contribution in [0.4, 0.5) is 5.69 Å². The van der Waals surface area contributed by atoms with Crippen LogP contribution in [0.15, 0.2) is 71.9 Å². The summed E-state index contributed by atoms with van der Waals surface area (Å²) in [5, 5.41) is 12.6. The van der Waals surface area contributed by atoms with Crippen LogP contribution < -0.4 is 10.2 Å². The number of aryl methyl sites for hydroxylation is 1. The predicted molar refractivity (Wildman–Crippen MR) is 157 cm³/mol. The fraction of sp³-hybridized carbons (Fsp3) is 0.172. The maximum absolute atomic E-state index is 13.2. The molecule has 0 aliphatic carbocycles. The molecule has 4 aromatic rings. The number of anilines is 1. The number of halogens is 2. The quantitative estimate of drug-likeness (QED) is 0.111. The van der Waals surface area contributed by atoms with E-state index in [2.05, 4.69) is 15.5 Å². The number of nitrogens with zero attached hydrogens (tertiary/aromatic N) is 4. The molecule has 0 fully saturated rings. The number of hydrogen-bond donors (Lipinski definition) is 1. The van der Waals surface area contributed by atoms with E-state index in [9.17, 15) is 19.2 Å². The molecule has 41 heavy (non-hydrogen) atoms. The fourth-order valence-electron chi connectivity index (χ4n) is 4.41. The van der Waals surface area contributed by atoms with Gasteiger partial charge in [0.15, 0.2) is 10.9 Å². The molecule has 12 heteroatoms. The number of imide groups is 1. The first-order chi connectivity index (χ1) is 19.7. The molecular formula is C29H23Cl2N5O4S. The molecule has 1 N–H and O–H groups in total. The lowest BCUT2D eigenvalue weighted by Crippen LogP contribution is -2.29. The number of aromatic nitrogens is 3. The average molecular weight is 609 g/mol. The highest BCUT2D eigenvalue weighted by Crippen LogP contribution is 2.31. The number of ketones is 1. The average Bonchev–Trinajstić information content (AvgIpc) is 3.49. The smallest absolute Gasteiger partial charge is 0.266 e. The maximum atomic E-state index is 13.2. The topological polar surface area (TPSA) is 114 Å². The lowest BCUT2D eigenvalue weighted by atomic mass is 10.1. The highest BCUT2D eigenvalue weighted by molar-refractivity contribution is 7.99. The van der Waals surface area contributed by atoms with Crippen LogP contribution in [0.1, 0.15) is 50.2 Å². The molecule has 0 spiro atoms. The van der Waals surface area contributed by atoms with Crippen molar-refractivity contribution >= 4 is 64.2 Å². The summed E-state index contributed by atoms with van der Waals surface area (Å²) in [6.45, 7) is 1.94. The summed E-state index contributed by atoms with van der Waals surface area (Å²) in [6.07, 6.45) is 1.15. The Balaban J connectivity index is 1.35. The van der Waals surface area contributed by atoms with Crippen molar-refractivity contribution in [2.24, 2.45) is 0 Å². The normalized spacial score (nSPS) is 12.5. The minimum atomic E-state index is -0.426. The first kappa shape index (κ1) is 28.5. The van der Waals surface area contributed by atoms with Crippen molar-refractivity contribution < 1.29 is 19.2 Å².